The highest BCUT2D eigenvalue weighted by Crippen LogP contribution is 2.47. The average molecular weight is 1410 g/mol. The van der Waals surface area contributed by atoms with Gasteiger partial charge in [-0.25, -0.2) is 13.7 Å². The van der Waals surface area contributed by atoms with E-state index >= 15 is 0 Å². The first kappa shape index (κ1) is 74.5. The molecule has 0 unspecified atom stereocenters. The van der Waals surface area contributed by atoms with Gasteiger partial charge >= 0.3 is 0 Å². The standard InChI is InChI=1S/C99H106N6O2/c1-15-76-21-27-85(28-22-76)99(86-33-29-83(30-34-86)97(9,10)11,87-35-31-84(32-36-87)98(12,13)14)88-37-41-90(42-38-88)107-64-63-106-62-61-103-57-47-80(48-58-103)79-45-55-102(56-46-79)53-16-54-104-59-49-91(70(3)67-104)92-50-60-105(68-71(92)4)89-39-25-82(26-40-89)96-74(7)72(5)95(73(6)75(96)8)81-23-19-77(20-24-81)17-18-78-44-52-101-94(66-78)93-65-69(2)43-51-100-93/h19-52,55-60,65-68H,15-18,53-54,61-64H2,1-14H3/q+4. The molecule has 0 fully saturated rings. The lowest BCUT2D eigenvalue weighted by Crippen LogP contribution is -2.38. The molecular weight excluding hydrogens is 1310 g/mol. The van der Waals surface area contributed by atoms with Gasteiger partial charge in [-0.3, -0.25) is 9.97 Å². The SMILES string of the molecule is CCc1ccc(C(c2ccc(OCCOCC[n+]3ccc(-c4cc[n+](CCC[n+]5ccc(-c6cc[n+](-c7ccc(-c8c(C)c(C)c(-c9ccc(CCc%10ccnc(-c%11cc(C)ccn%11)c%10)cc9)c(C)c8C)cc7)cc6C)c(C)c5)cc4)cc3)cc2)(c2ccc(C(C)(C)C)cc2)c2ccc(C(C)(C)C)cc2)cc1. The fourth-order valence-corrected chi connectivity index (χ4v) is 15.5. The van der Waals surface area contributed by atoms with E-state index in [4.69, 9.17) is 9.47 Å². The van der Waals surface area contributed by atoms with Crippen LogP contribution in [0, 0.1) is 48.5 Å². The summed E-state index contributed by atoms with van der Waals surface area (Å²) in [7, 11) is 0. The van der Waals surface area contributed by atoms with E-state index in [1.807, 2.05) is 18.5 Å². The van der Waals surface area contributed by atoms with Crippen molar-refractivity contribution in [3.8, 4) is 67.3 Å². The molecule has 0 aliphatic carbocycles. The van der Waals surface area contributed by atoms with E-state index in [1.165, 1.54) is 134 Å². The molecule has 0 saturated heterocycles. The molecule has 0 aliphatic heterocycles. The normalized spacial score (nSPS) is 11.9. The van der Waals surface area contributed by atoms with Crippen molar-refractivity contribution in [2.75, 3.05) is 19.8 Å². The molecule has 0 aliphatic rings. The minimum atomic E-state index is -0.560. The first-order chi connectivity index (χ1) is 51.6. The van der Waals surface area contributed by atoms with E-state index in [1.54, 1.807) is 0 Å². The summed E-state index contributed by atoms with van der Waals surface area (Å²) in [5.74, 6) is 0.826. The van der Waals surface area contributed by atoms with Crippen molar-refractivity contribution in [1.29, 1.82) is 0 Å². The second-order valence-corrected chi connectivity index (χ2v) is 31.4. The van der Waals surface area contributed by atoms with Gasteiger partial charge in [0.2, 0.25) is 5.69 Å². The Kier molecular flexibility index (Phi) is 22.6. The van der Waals surface area contributed by atoms with Crippen molar-refractivity contribution in [3.63, 3.8) is 0 Å². The van der Waals surface area contributed by atoms with E-state index < -0.39 is 5.41 Å². The maximum atomic E-state index is 6.34. The van der Waals surface area contributed by atoms with Crippen molar-refractivity contribution in [1.82, 2.24) is 9.97 Å². The number of benzene rings is 7. The summed E-state index contributed by atoms with van der Waals surface area (Å²) < 4.78 is 21.5. The topological polar surface area (TPSA) is 59.8 Å². The molecule has 0 N–H and O–H groups in total. The molecule has 107 heavy (non-hydrogen) atoms. The largest absolute Gasteiger partial charge is 0.491 e. The molecule has 6 heterocycles. The van der Waals surface area contributed by atoms with Crippen LogP contribution in [0.5, 0.6) is 5.75 Å². The fraction of sp³-hybridized carbons (Fsp3) is 0.273. The van der Waals surface area contributed by atoms with Crippen LogP contribution in [0.1, 0.15) is 144 Å². The molecule has 540 valence electrons. The predicted octanol–water partition coefficient (Wildman–Crippen LogP) is 20.6. The molecule has 0 saturated carbocycles. The van der Waals surface area contributed by atoms with Gasteiger partial charge in [-0.15, -0.1) is 0 Å². The van der Waals surface area contributed by atoms with Gasteiger partial charge < -0.3 is 9.47 Å². The number of rotatable bonds is 25. The number of ether oxygens (including phenoxy) is 2. The van der Waals surface area contributed by atoms with E-state index in [9.17, 15) is 0 Å². The molecule has 8 heteroatoms. The lowest BCUT2D eigenvalue weighted by Gasteiger charge is -2.38. The third-order valence-electron chi connectivity index (χ3n) is 22.1. The summed E-state index contributed by atoms with van der Waals surface area (Å²) in [6, 6.07) is 76.7. The Balaban J connectivity index is 0.566. The molecule has 6 aromatic heterocycles. The summed E-state index contributed by atoms with van der Waals surface area (Å²) in [4.78, 5) is 9.17. The van der Waals surface area contributed by atoms with Gasteiger partial charge in [-0.1, -0.05) is 158 Å². The van der Waals surface area contributed by atoms with Crippen LogP contribution in [-0.2, 0) is 59.9 Å². The van der Waals surface area contributed by atoms with Crippen LogP contribution in [0.25, 0.3) is 61.6 Å². The van der Waals surface area contributed by atoms with Gasteiger partial charge in [0.1, 0.15) is 19.0 Å². The Bertz CT molecular complexity index is 5120. The fourth-order valence-electron chi connectivity index (χ4n) is 15.5. The number of pyridine rings is 6. The van der Waals surface area contributed by atoms with Crippen LogP contribution in [0.4, 0.5) is 0 Å². The summed E-state index contributed by atoms with van der Waals surface area (Å²) in [5.41, 5.74) is 33.0. The smallest absolute Gasteiger partial charge is 0.210 e. The number of hydrogen-bond acceptors (Lipinski definition) is 4. The van der Waals surface area contributed by atoms with Crippen LogP contribution >= 0.6 is 0 Å². The average Bonchev–Trinajstić information content (AvgIpc) is 0.727. The van der Waals surface area contributed by atoms with E-state index in [2.05, 4.69) is 375 Å². The molecule has 8 nitrogen and oxygen atoms in total. The van der Waals surface area contributed by atoms with Gasteiger partial charge in [-0.05, 0) is 249 Å². The molecule has 0 radical (unpaired) electrons. The van der Waals surface area contributed by atoms with Crippen LogP contribution in [0.2, 0.25) is 0 Å². The predicted molar refractivity (Wildman–Crippen MR) is 437 cm³/mol. The molecule has 13 aromatic rings. The molecule has 0 spiro atoms. The quantitative estimate of drug-likeness (QED) is 0.0325. The Morgan fingerprint density at radius 1 is 0.364 bits per heavy atom. The van der Waals surface area contributed by atoms with Crippen LogP contribution < -0.4 is 23.0 Å². The molecule has 13 rings (SSSR count). The highest BCUT2D eigenvalue weighted by Gasteiger charge is 2.39. The first-order valence-electron chi connectivity index (χ1n) is 38.4. The molecule has 0 amide bonds. The Morgan fingerprint density at radius 2 is 0.804 bits per heavy atom. The van der Waals surface area contributed by atoms with Crippen molar-refractivity contribution < 1.29 is 27.7 Å². The minimum absolute atomic E-state index is 0.0415. The summed E-state index contributed by atoms with van der Waals surface area (Å²) in [5, 5.41) is 0. The number of hydrogen-bond donors (Lipinski definition) is 0. The Morgan fingerprint density at radius 3 is 1.32 bits per heavy atom. The Hall–Kier alpha value is -10.8. The van der Waals surface area contributed by atoms with Gasteiger partial charge in [0.25, 0.3) is 0 Å². The maximum absolute atomic E-state index is 6.34. The van der Waals surface area contributed by atoms with E-state index in [-0.39, 0.29) is 10.8 Å². The van der Waals surface area contributed by atoms with Gasteiger partial charge in [0, 0.05) is 72.1 Å². The number of aryl methyl sites for hydroxylation is 8. The second kappa shape index (κ2) is 32.5. The zero-order chi connectivity index (χ0) is 75.0. The minimum Gasteiger partial charge on any atom is -0.491 e. The van der Waals surface area contributed by atoms with Gasteiger partial charge in [-0.2, -0.15) is 4.57 Å². The maximum Gasteiger partial charge on any atom is 0.210 e. The summed E-state index contributed by atoms with van der Waals surface area (Å²) >= 11 is 0. The van der Waals surface area contributed by atoms with Crippen LogP contribution in [-0.4, -0.2) is 29.8 Å². The van der Waals surface area contributed by atoms with Gasteiger partial charge in [0.05, 0.1) is 29.8 Å². The Labute approximate surface area is 636 Å². The van der Waals surface area contributed by atoms with Crippen molar-refractivity contribution in [2.24, 2.45) is 0 Å². The second-order valence-electron chi connectivity index (χ2n) is 31.4. The molecule has 0 bridgehead atoms. The van der Waals surface area contributed by atoms with Gasteiger partial charge in [0.15, 0.2) is 69.2 Å². The lowest BCUT2D eigenvalue weighted by molar-refractivity contribution is -0.727. The van der Waals surface area contributed by atoms with Crippen LogP contribution in [0.3, 0.4) is 0 Å². The molecular formula is C99H106N6O2+4. The molecule has 7 aromatic carbocycles. The van der Waals surface area contributed by atoms with Crippen LogP contribution in [0.15, 0.2) is 268 Å². The van der Waals surface area contributed by atoms with Crippen molar-refractivity contribution in [2.45, 2.75) is 158 Å². The zero-order valence-corrected chi connectivity index (χ0v) is 65.5. The van der Waals surface area contributed by atoms with Crippen molar-refractivity contribution >= 4 is 0 Å². The first-order valence-corrected chi connectivity index (χ1v) is 38.4. The van der Waals surface area contributed by atoms with Crippen molar-refractivity contribution in [3.05, 3.63) is 357 Å². The highest BCUT2D eigenvalue weighted by atomic mass is 16.5. The number of nitrogens with zero attached hydrogens (tertiary/aromatic N) is 6. The van der Waals surface area contributed by atoms with E-state index in [0.29, 0.717) is 19.8 Å². The molecule has 0 atom stereocenters. The zero-order valence-electron chi connectivity index (χ0n) is 65.5. The third-order valence-corrected chi connectivity index (χ3v) is 22.1. The summed E-state index contributed by atoms with van der Waals surface area (Å²) in [6.07, 6.45) is 25.4. The third kappa shape index (κ3) is 16.9. The monoisotopic (exact) mass is 1410 g/mol. The highest BCUT2D eigenvalue weighted by molar-refractivity contribution is 5.83. The number of aromatic nitrogens is 6. The summed E-state index contributed by atoms with van der Waals surface area (Å²) in [6.45, 7) is 35.8. The van der Waals surface area contributed by atoms with E-state index in [0.717, 1.165) is 68.1 Å². The lowest BCUT2D eigenvalue weighted by atomic mass is 9.64.